The molecule has 2 saturated heterocycles. The molecule has 0 radical (unpaired) electrons. The van der Waals surface area contributed by atoms with E-state index >= 15 is 0 Å². The number of rotatable bonds is 5. The largest absolute Gasteiger partial charge is 0.379 e. The minimum atomic E-state index is 0.266. The third-order valence-corrected chi connectivity index (χ3v) is 5.53. The predicted octanol–water partition coefficient (Wildman–Crippen LogP) is 2.76. The van der Waals surface area contributed by atoms with Crippen LogP contribution in [0.1, 0.15) is 29.7 Å². The van der Waals surface area contributed by atoms with Crippen molar-refractivity contribution in [1.29, 1.82) is 0 Å². The molecule has 0 saturated carbocycles. The average molecular weight is 353 g/mol. The molecule has 0 aliphatic carbocycles. The van der Waals surface area contributed by atoms with Crippen LogP contribution in [0, 0.1) is 19.8 Å². The van der Waals surface area contributed by atoms with Crippen LogP contribution in [0.15, 0.2) is 24.5 Å². The Morgan fingerprint density at radius 2 is 1.88 bits per heavy atom. The van der Waals surface area contributed by atoms with E-state index in [1.54, 1.807) is 0 Å². The molecule has 0 amide bonds. The Morgan fingerprint density at radius 1 is 1.12 bits per heavy atom. The van der Waals surface area contributed by atoms with E-state index in [9.17, 15) is 0 Å². The maximum Gasteiger partial charge on any atom is 0.227 e. The molecule has 138 valence electrons. The van der Waals surface area contributed by atoms with Crippen LogP contribution in [0.2, 0.25) is 0 Å². The Hall–Kier alpha value is -2.21. The van der Waals surface area contributed by atoms with E-state index in [0.717, 1.165) is 55.7 Å². The summed E-state index contributed by atoms with van der Waals surface area (Å²) >= 11 is 0. The van der Waals surface area contributed by atoms with Gasteiger partial charge in [0, 0.05) is 42.7 Å². The van der Waals surface area contributed by atoms with Gasteiger partial charge >= 0.3 is 0 Å². The van der Waals surface area contributed by atoms with Gasteiger partial charge in [0.1, 0.15) is 5.82 Å². The predicted molar refractivity (Wildman–Crippen MR) is 103 cm³/mol. The van der Waals surface area contributed by atoms with Gasteiger partial charge in [0.15, 0.2) is 0 Å². The van der Waals surface area contributed by atoms with Crippen molar-refractivity contribution < 1.29 is 4.74 Å². The highest BCUT2D eigenvalue weighted by molar-refractivity contribution is 5.51. The maximum absolute atomic E-state index is 5.78. The van der Waals surface area contributed by atoms with Crippen LogP contribution >= 0.6 is 0 Å². The first-order chi connectivity index (χ1) is 12.7. The lowest BCUT2D eigenvalue weighted by atomic mass is 9.95. The second-order valence-corrected chi connectivity index (χ2v) is 7.38. The Kier molecular flexibility index (Phi) is 5.02. The van der Waals surface area contributed by atoms with Gasteiger partial charge in [-0.05, 0) is 50.8 Å². The van der Waals surface area contributed by atoms with Gasteiger partial charge in [-0.25, -0.2) is 4.98 Å². The summed E-state index contributed by atoms with van der Waals surface area (Å²) in [5.74, 6) is 2.25. The second kappa shape index (κ2) is 7.58. The van der Waals surface area contributed by atoms with Gasteiger partial charge in [0.2, 0.25) is 5.95 Å². The summed E-state index contributed by atoms with van der Waals surface area (Å²) in [6.07, 6.45) is 7.15. The van der Waals surface area contributed by atoms with Crippen LogP contribution in [0.4, 0.5) is 11.8 Å². The molecule has 2 aromatic heterocycles. The zero-order chi connectivity index (χ0) is 17.9. The Labute approximate surface area is 155 Å². The van der Waals surface area contributed by atoms with Crippen molar-refractivity contribution in [3.63, 3.8) is 0 Å². The van der Waals surface area contributed by atoms with E-state index in [0.29, 0.717) is 5.92 Å². The number of ether oxygens (including phenoxy) is 1. The summed E-state index contributed by atoms with van der Waals surface area (Å²) in [6, 6.07) is 4.43. The standard InChI is InChI=1S/C20H27N5O/c1-14-15(2)22-20(25-9-3-4-10-25)24-19(14)23-18-13-26-12-17(18)11-16-5-7-21-8-6-16/h5-8,17-18H,3-4,9-13H2,1-2H3,(H,22,23,24). The monoisotopic (exact) mass is 353 g/mol. The fourth-order valence-corrected chi connectivity index (χ4v) is 3.77. The van der Waals surface area contributed by atoms with Gasteiger partial charge in [-0.2, -0.15) is 4.98 Å². The average Bonchev–Trinajstić information content (AvgIpc) is 3.32. The Bertz CT molecular complexity index is 745. The number of hydrogen-bond donors (Lipinski definition) is 1. The van der Waals surface area contributed by atoms with E-state index in [1.165, 1.54) is 18.4 Å². The third-order valence-electron chi connectivity index (χ3n) is 5.53. The summed E-state index contributed by atoms with van der Waals surface area (Å²) in [4.78, 5) is 16.0. The van der Waals surface area contributed by atoms with Crippen LogP contribution in [-0.2, 0) is 11.2 Å². The third kappa shape index (κ3) is 3.65. The summed E-state index contributed by atoms with van der Waals surface area (Å²) in [5.41, 5.74) is 3.48. The topological polar surface area (TPSA) is 63.2 Å². The maximum atomic E-state index is 5.78. The Balaban J connectivity index is 1.52. The number of hydrogen-bond acceptors (Lipinski definition) is 6. The highest BCUT2D eigenvalue weighted by atomic mass is 16.5. The number of aryl methyl sites for hydroxylation is 1. The van der Waals surface area contributed by atoms with Crippen LogP contribution in [0.25, 0.3) is 0 Å². The molecule has 6 nitrogen and oxygen atoms in total. The van der Waals surface area contributed by atoms with Crippen LogP contribution in [0.3, 0.4) is 0 Å². The zero-order valence-electron chi connectivity index (χ0n) is 15.6. The van der Waals surface area contributed by atoms with Gasteiger partial charge < -0.3 is 15.0 Å². The number of nitrogens with one attached hydrogen (secondary N) is 1. The molecule has 6 heteroatoms. The van der Waals surface area contributed by atoms with E-state index in [2.05, 4.69) is 41.2 Å². The molecule has 2 aromatic rings. The summed E-state index contributed by atoms with van der Waals surface area (Å²) in [6.45, 7) is 7.78. The molecular weight excluding hydrogens is 326 g/mol. The van der Waals surface area contributed by atoms with E-state index in [-0.39, 0.29) is 6.04 Å². The molecule has 2 unspecified atom stereocenters. The SMILES string of the molecule is Cc1nc(N2CCCC2)nc(NC2COCC2Cc2ccncc2)c1C. The second-order valence-electron chi connectivity index (χ2n) is 7.38. The summed E-state index contributed by atoms with van der Waals surface area (Å²) in [5, 5.41) is 3.67. The lowest BCUT2D eigenvalue weighted by Crippen LogP contribution is -2.31. The van der Waals surface area contributed by atoms with Crippen molar-refractivity contribution >= 4 is 11.8 Å². The zero-order valence-corrected chi connectivity index (χ0v) is 15.6. The molecule has 0 bridgehead atoms. The lowest BCUT2D eigenvalue weighted by molar-refractivity contribution is 0.185. The van der Waals surface area contributed by atoms with Gasteiger partial charge in [-0.1, -0.05) is 0 Å². The van der Waals surface area contributed by atoms with Crippen LogP contribution < -0.4 is 10.2 Å². The highest BCUT2D eigenvalue weighted by Crippen LogP contribution is 2.26. The van der Waals surface area contributed by atoms with Crippen molar-refractivity contribution in [2.75, 3.05) is 36.5 Å². The molecule has 26 heavy (non-hydrogen) atoms. The van der Waals surface area contributed by atoms with E-state index < -0.39 is 0 Å². The Morgan fingerprint density at radius 3 is 2.65 bits per heavy atom. The molecule has 2 atom stereocenters. The molecule has 0 spiro atoms. The van der Waals surface area contributed by atoms with Crippen LogP contribution in [-0.4, -0.2) is 47.3 Å². The van der Waals surface area contributed by atoms with E-state index in [4.69, 9.17) is 14.7 Å². The molecule has 2 aliphatic heterocycles. The summed E-state index contributed by atoms with van der Waals surface area (Å²) in [7, 11) is 0. The van der Waals surface area contributed by atoms with Crippen molar-refractivity contribution in [2.24, 2.45) is 5.92 Å². The minimum Gasteiger partial charge on any atom is -0.379 e. The fourth-order valence-electron chi connectivity index (χ4n) is 3.77. The molecule has 0 aromatic carbocycles. The van der Waals surface area contributed by atoms with Gasteiger partial charge in [-0.3, -0.25) is 4.98 Å². The molecule has 2 aliphatic rings. The van der Waals surface area contributed by atoms with Crippen molar-refractivity contribution in [2.45, 2.75) is 39.2 Å². The highest BCUT2D eigenvalue weighted by Gasteiger charge is 2.29. The number of nitrogens with zero attached hydrogens (tertiary/aromatic N) is 4. The summed E-state index contributed by atoms with van der Waals surface area (Å²) < 4.78 is 5.78. The lowest BCUT2D eigenvalue weighted by Gasteiger charge is -2.23. The first-order valence-corrected chi connectivity index (χ1v) is 9.54. The van der Waals surface area contributed by atoms with E-state index in [1.807, 2.05) is 12.4 Å². The van der Waals surface area contributed by atoms with Crippen molar-refractivity contribution in [1.82, 2.24) is 15.0 Å². The molecule has 2 fully saturated rings. The van der Waals surface area contributed by atoms with Crippen molar-refractivity contribution in [3.05, 3.63) is 41.3 Å². The number of aromatic nitrogens is 3. The molecule has 4 heterocycles. The fraction of sp³-hybridized carbons (Fsp3) is 0.550. The normalized spacial score (nSPS) is 22.8. The van der Waals surface area contributed by atoms with Crippen molar-refractivity contribution in [3.8, 4) is 0 Å². The first-order valence-electron chi connectivity index (χ1n) is 9.54. The molecule has 1 N–H and O–H groups in total. The molecular formula is C20H27N5O. The quantitative estimate of drug-likeness (QED) is 0.892. The molecule has 4 rings (SSSR count). The first kappa shape index (κ1) is 17.2. The number of pyridine rings is 1. The minimum absolute atomic E-state index is 0.266. The van der Waals surface area contributed by atoms with Gasteiger partial charge in [0.25, 0.3) is 0 Å². The smallest absolute Gasteiger partial charge is 0.227 e. The van der Waals surface area contributed by atoms with Gasteiger partial charge in [0.05, 0.1) is 19.3 Å². The number of anilines is 2. The van der Waals surface area contributed by atoms with Crippen LogP contribution in [0.5, 0.6) is 0 Å². The van der Waals surface area contributed by atoms with Gasteiger partial charge in [-0.15, -0.1) is 0 Å².